The number of allylic oxidation sites excluding steroid dienone is 4. The maximum Gasteiger partial charge on any atom is 0.0417 e. The van der Waals surface area contributed by atoms with E-state index >= 15 is 0 Å². The van der Waals surface area contributed by atoms with Crippen LogP contribution in [0.1, 0.15) is 96.8 Å². The molecule has 22 heavy (non-hydrogen) atoms. The fourth-order valence-electron chi connectivity index (χ4n) is 2.40. The lowest BCUT2D eigenvalue weighted by Gasteiger charge is -2.00. The molecule has 0 saturated carbocycles. The van der Waals surface area contributed by atoms with Crippen molar-refractivity contribution in [3.05, 3.63) is 24.3 Å². The summed E-state index contributed by atoms with van der Waals surface area (Å²) in [6.07, 6.45) is 25.0. The van der Waals surface area contributed by atoms with Crippen molar-refractivity contribution < 1.29 is 9.90 Å². The van der Waals surface area contributed by atoms with E-state index in [9.17, 15) is 9.90 Å². The van der Waals surface area contributed by atoms with Gasteiger partial charge in [-0.25, -0.2) is 0 Å². The summed E-state index contributed by atoms with van der Waals surface area (Å²) in [5.74, 6) is -0.957. The van der Waals surface area contributed by atoms with E-state index in [-0.39, 0.29) is 6.42 Å². The third kappa shape index (κ3) is 18.9. The molecule has 0 heterocycles. The summed E-state index contributed by atoms with van der Waals surface area (Å²) in [6.45, 7) is 2.24. The molecule has 0 rings (SSSR count). The number of rotatable bonds is 16. The monoisotopic (exact) mass is 307 g/mol. The van der Waals surface area contributed by atoms with Crippen LogP contribution in [0.25, 0.3) is 0 Å². The lowest BCUT2D eigenvalue weighted by molar-refractivity contribution is -0.305. The summed E-state index contributed by atoms with van der Waals surface area (Å²) in [4.78, 5) is 10.2. The summed E-state index contributed by atoms with van der Waals surface area (Å²) < 4.78 is 0. The van der Waals surface area contributed by atoms with Gasteiger partial charge in [0, 0.05) is 5.97 Å². The van der Waals surface area contributed by atoms with E-state index in [0.29, 0.717) is 6.42 Å². The summed E-state index contributed by atoms with van der Waals surface area (Å²) >= 11 is 0. The average Bonchev–Trinajstić information content (AvgIpc) is 2.50. The molecule has 0 aromatic carbocycles. The Hall–Kier alpha value is -1.05. The standard InChI is InChI=1S/C20H36O2/c1-2-3-4-5-6-7-8-9-10-11-12-13-14-15-16-17-18-19-20(21)22/h5-6,16-17H,2-4,7-15,18-19H2,1H3,(H,21,22)/p-1/b6-5+,17-16+. The largest absolute Gasteiger partial charge is 0.550 e. The quantitative estimate of drug-likeness (QED) is 0.285. The number of unbranched alkanes of at least 4 members (excludes halogenated alkanes) is 10. The van der Waals surface area contributed by atoms with Gasteiger partial charge in [-0.15, -0.1) is 0 Å². The van der Waals surface area contributed by atoms with E-state index in [2.05, 4.69) is 25.2 Å². The van der Waals surface area contributed by atoms with Crippen molar-refractivity contribution >= 4 is 5.97 Å². The molecule has 128 valence electrons. The van der Waals surface area contributed by atoms with Crippen LogP contribution >= 0.6 is 0 Å². The number of carboxylic acids is 1. The zero-order valence-electron chi connectivity index (χ0n) is 14.5. The van der Waals surface area contributed by atoms with Gasteiger partial charge in [0.05, 0.1) is 0 Å². The van der Waals surface area contributed by atoms with Gasteiger partial charge >= 0.3 is 0 Å². The lowest BCUT2D eigenvalue weighted by Crippen LogP contribution is -2.21. The van der Waals surface area contributed by atoms with Gasteiger partial charge in [0.2, 0.25) is 0 Å². The van der Waals surface area contributed by atoms with Crippen LogP contribution in [-0.4, -0.2) is 5.97 Å². The molecule has 0 aliphatic rings. The summed E-state index contributed by atoms with van der Waals surface area (Å²) in [6, 6.07) is 0. The Morgan fingerprint density at radius 1 is 0.682 bits per heavy atom. The van der Waals surface area contributed by atoms with Crippen molar-refractivity contribution in [3.8, 4) is 0 Å². The molecular weight excluding hydrogens is 272 g/mol. The molecule has 0 amide bonds. The second kappa shape index (κ2) is 18.0. The Kier molecular flexibility index (Phi) is 17.1. The topological polar surface area (TPSA) is 40.1 Å². The maximum absolute atomic E-state index is 10.2. The molecule has 0 aliphatic carbocycles. The van der Waals surface area contributed by atoms with Gasteiger partial charge in [-0.1, -0.05) is 76.2 Å². The van der Waals surface area contributed by atoms with Gasteiger partial charge in [0.15, 0.2) is 0 Å². The first kappa shape index (κ1) is 20.9. The summed E-state index contributed by atoms with van der Waals surface area (Å²) in [5.41, 5.74) is 0. The summed E-state index contributed by atoms with van der Waals surface area (Å²) in [7, 11) is 0. The van der Waals surface area contributed by atoms with Crippen LogP contribution in [0.15, 0.2) is 24.3 Å². The van der Waals surface area contributed by atoms with Crippen molar-refractivity contribution in [1.82, 2.24) is 0 Å². The van der Waals surface area contributed by atoms with Gasteiger partial charge in [-0.3, -0.25) is 0 Å². The predicted molar refractivity (Wildman–Crippen MR) is 93.6 cm³/mol. The normalized spacial score (nSPS) is 11.7. The van der Waals surface area contributed by atoms with Crippen LogP contribution in [0, 0.1) is 0 Å². The average molecular weight is 307 g/mol. The Morgan fingerprint density at radius 3 is 1.55 bits per heavy atom. The van der Waals surface area contributed by atoms with Crippen LogP contribution in [0.5, 0.6) is 0 Å². The summed E-state index contributed by atoms with van der Waals surface area (Å²) in [5, 5.41) is 10.2. The van der Waals surface area contributed by atoms with Crippen molar-refractivity contribution in [3.63, 3.8) is 0 Å². The number of aliphatic carboxylic acids is 1. The molecule has 0 spiro atoms. The van der Waals surface area contributed by atoms with Crippen molar-refractivity contribution in [1.29, 1.82) is 0 Å². The SMILES string of the molecule is CCCC/C=C/CCCCCCCCC/C=C/CCC(=O)[O-]. The van der Waals surface area contributed by atoms with Crippen molar-refractivity contribution in [2.24, 2.45) is 0 Å². The Bertz CT molecular complexity index is 292. The number of hydrogen-bond acceptors (Lipinski definition) is 2. The molecule has 2 nitrogen and oxygen atoms in total. The molecule has 0 fully saturated rings. The van der Waals surface area contributed by atoms with E-state index in [1.165, 1.54) is 70.6 Å². The molecule has 0 radical (unpaired) electrons. The molecule has 2 heteroatoms. The molecule has 0 saturated heterocycles. The number of carbonyl (C=O) groups is 1. The zero-order valence-corrected chi connectivity index (χ0v) is 14.5. The maximum atomic E-state index is 10.2. The van der Waals surface area contributed by atoms with E-state index in [1.54, 1.807) is 0 Å². The first-order valence-electron chi connectivity index (χ1n) is 9.27. The lowest BCUT2D eigenvalue weighted by atomic mass is 10.1. The zero-order chi connectivity index (χ0) is 16.3. The molecular formula is C20H35O2-. The number of hydrogen-bond donors (Lipinski definition) is 0. The third-order valence-electron chi connectivity index (χ3n) is 3.81. The second-order valence-electron chi connectivity index (χ2n) is 6.05. The first-order valence-corrected chi connectivity index (χ1v) is 9.27. The molecule has 0 atom stereocenters. The smallest absolute Gasteiger partial charge is 0.0417 e. The van der Waals surface area contributed by atoms with Crippen LogP contribution < -0.4 is 5.11 Å². The molecule has 0 aromatic heterocycles. The third-order valence-corrected chi connectivity index (χ3v) is 3.81. The van der Waals surface area contributed by atoms with Crippen molar-refractivity contribution in [2.45, 2.75) is 96.8 Å². The van der Waals surface area contributed by atoms with Crippen LogP contribution in [0.4, 0.5) is 0 Å². The molecule has 0 unspecified atom stereocenters. The van der Waals surface area contributed by atoms with Gasteiger partial charge in [0.25, 0.3) is 0 Å². The highest BCUT2D eigenvalue weighted by Gasteiger charge is 1.91. The molecule has 0 N–H and O–H groups in total. The Balaban J connectivity index is 3.11. The van der Waals surface area contributed by atoms with E-state index in [0.717, 1.165) is 6.42 Å². The van der Waals surface area contributed by atoms with E-state index in [1.807, 2.05) is 6.08 Å². The molecule has 0 aliphatic heterocycles. The minimum absolute atomic E-state index is 0.143. The number of carboxylic acid groups (broad SMARTS) is 1. The van der Waals surface area contributed by atoms with Crippen molar-refractivity contribution in [2.75, 3.05) is 0 Å². The van der Waals surface area contributed by atoms with Crippen LogP contribution in [0.2, 0.25) is 0 Å². The number of carbonyl (C=O) groups excluding carboxylic acids is 1. The van der Waals surface area contributed by atoms with E-state index in [4.69, 9.17) is 0 Å². The Morgan fingerprint density at radius 2 is 1.09 bits per heavy atom. The van der Waals surface area contributed by atoms with Gasteiger partial charge in [0.1, 0.15) is 0 Å². The first-order chi connectivity index (χ1) is 10.8. The molecule has 0 aromatic rings. The fraction of sp³-hybridized carbons (Fsp3) is 0.750. The van der Waals surface area contributed by atoms with Gasteiger partial charge < -0.3 is 9.90 Å². The second-order valence-corrected chi connectivity index (χ2v) is 6.05. The predicted octanol–water partition coefficient (Wildman–Crippen LogP) is 5.33. The highest BCUT2D eigenvalue weighted by molar-refractivity contribution is 5.64. The van der Waals surface area contributed by atoms with Crippen LogP contribution in [-0.2, 0) is 4.79 Å². The highest BCUT2D eigenvalue weighted by atomic mass is 16.4. The Labute approximate surface area is 137 Å². The highest BCUT2D eigenvalue weighted by Crippen LogP contribution is 2.10. The van der Waals surface area contributed by atoms with Crippen LogP contribution in [0.3, 0.4) is 0 Å². The van der Waals surface area contributed by atoms with Gasteiger partial charge in [-0.05, 0) is 44.9 Å². The van der Waals surface area contributed by atoms with Gasteiger partial charge in [-0.2, -0.15) is 0 Å². The molecule has 0 bridgehead atoms. The minimum atomic E-state index is -0.957. The van der Waals surface area contributed by atoms with E-state index < -0.39 is 5.97 Å². The minimum Gasteiger partial charge on any atom is -0.550 e. The fourth-order valence-corrected chi connectivity index (χ4v) is 2.40.